The Morgan fingerprint density at radius 2 is 2.08 bits per heavy atom. The fourth-order valence-electron chi connectivity index (χ4n) is 2.67. The first-order valence-electron chi connectivity index (χ1n) is 8.12. The van der Waals surface area contributed by atoms with Crippen LogP contribution in [0.25, 0.3) is 5.65 Å². The van der Waals surface area contributed by atoms with Crippen LogP contribution in [-0.2, 0) is 11.3 Å². The van der Waals surface area contributed by atoms with E-state index in [9.17, 15) is 4.79 Å². The van der Waals surface area contributed by atoms with Gasteiger partial charge in [0, 0.05) is 13.6 Å². The Bertz CT molecular complexity index is 876. The number of carbonyl (C=O) groups excluding carboxylic acids is 1. The van der Waals surface area contributed by atoms with Gasteiger partial charge in [0.05, 0.1) is 18.5 Å². The maximum Gasteiger partial charge on any atom is 0.414 e. The summed E-state index contributed by atoms with van der Waals surface area (Å²) >= 11 is 0. The van der Waals surface area contributed by atoms with Crippen molar-refractivity contribution in [2.24, 2.45) is 0 Å². The van der Waals surface area contributed by atoms with Crippen molar-refractivity contribution in [3.63, 3.8) is 0 Å². The van der Waals surface area contributed by atoms with Crippen LogP contribution >= 0.6 is 0 Å². The molecule has 0 atom stereocenters. The maximum atomic E-state index is 11.5. The number of carbonyl (C=O) groups is 1. The number of nitrogens with one attached hydrogen (secondary N) is 1. The fraction of sp³-hybridized carbons (Fsp3) is 0.278. The highest BCUT2D eigenvalue weighted by atomic mass is 16.5. The summed E-state index contributed by atoms with van der Waals surface area (Å²) in [7, 11) is 2.04. The van der Waals surface area contributed by atoms with Gasteiger partial charge >= 0.3 is 6.09 Å². The molecule has 1 aromatic carbocycles. The van der Waals surface area contributed by atoms with Gasteiger partial charge < -0.3 is 9.64 Å². The predicted molar refractivity (Wildman–Crippen MR) is 96.9 cm³/mol. The average molecular weight is 339 g/mol. The molecular formula is C18H21N5O2. The summed E-state index contributed by atoms with van der Waals surface area (Å²) in [5, 5.41) is 6.82. The summed E-state index contributed by atoms with van der Waals surface area (Å²) < 4.78 is 6.50. The van der Waals surface area contributed by atoms with Crippen molar-refractivity contribution in [2.45, 2.75) is 20.4 Å². The Morgan fingerprint density at radius 3 is 2.80 bits per heavy atom. The number of anilines is 2. The monoisotopic (exact) mass is 339 g/mol. The van der Waals surface area contributed by atoms with Crippen molar-refractivity contribution in [2.75, 3.05) is 23.9 Å². The molecule has 3 aromatic rings. The van der Waals surface area contributed by atoms with E-state index in [1.165, 1.54) is 5.56 Å². The Kier molecular flexibility index (Phi) is 4.83. The summed E-state index contributed by atoms with van der Waals surface area (Å²) in [5.41, 5.74) is 4.03. The molecule has 0 saturated heterocycles. The number of fused-ring (bicyclic) bond motifs is 1. The van der Waals surface area contributed by atoms with Crippen LogP contribution in [0, 0.1) is 6.92 Å². The van der Waals surface area contributed by atoms with Crippen LogP contribution in [0.5, 0.6) is 0 Å². The molecule has 0 radical (unpaired) electrons. The van der Waals surface area contributed by atoms with Crippen LogP contribution in [0.1, 0.15) is 18.1 Å². The van der Waals surface area contributed by atoms with Gasteiger partial charge in [-0.3, -0.25) is 5.32 Å². The number of benzene rings is 1. The Hall–Kier alpha value is -3.09. The quantitative estimate of drug-likeness (QED) is 0.772. The topological polar surface area (TPSA) is 71.8 Å². The van der Waals surface area contributed by atoms with Crippen LogP contribution < -0.4 is 10.2 Å². The second kappa shape index (κ2) is 7.21. The zero-order valence-electron chi connectivity index (χ0n) is 14.6. The number of hydrogen-bond acceptors (Lipinski definition) is 5. The molecule has 0 aliphatic carbocycles. The van der Waals surface area contributed by atoms with Gasteiger partial charge in [-0.05, 0) is 31.0 Å². The number of ether oxygens (including phenoxy) is 1. The first-order chi connectivity index (χ1) is 12.1. The number of pyridine rings is 1. The van der Waals surface area contributed by atoms with Crippen molar-refractivity contribution < 1.29 is 9.53 Å². The van der Waals surface area contributed by atoms with Crippen molar-refractivity contribution in [3.05, 3.63) is 53.7 Å². The number of nitrogens with zero attached hydrogens (tertiary/aromatic N) is 4. The SMILES string of the molecule is CCOC(=O)Nc1nc2cc(C)c(N(C)Cc3ccccc3)cn2n1. The molecule has 25 heavy (non-hydrogen) atoms. The normalized spacial score (nSPS) is 10.7. The van der Waals surface area contributed by atoms with Gasteiger partial charge in [-0.15, -0.1) is 5.10 Å². The molecule has 7 heteroatoms. The van der Waals surface area contributed by atoms with Crippen LogP contribution in [0.4, 0.5) is 16.4 Å². The van der Waals surface area contributed by atoms with Crippen molar-refractivity contribution in [1.82, 2.24) is 14.6 Å². The second-order valence-corrected chi connectivity index (χ2v) is 5.77. The van der Waals surface area contributed by atoms with E-state index in [1.807, 2.05) is 44.4 Å². The molecule has 0 saturated carbocycles. The molecule has 2 aromatic heterocycles. The van der Waals surface area contributed by atoms with E-state index in [0.717, 1.165) is 17.8 Å². The van der Waals surface area contributed by atoms with Crippen molar-refractivity contribution in [3.8, 4) is 0 Å². The van der Waals surface area contributed by atoms with Crippen molar-refractivity contribution >= 4 is 23.4 Å². The van der Waals surface area contributed by atoms with E-state index in [2.05, 4.69) is 32.4 Å². The number of amides is 1. The van der Waals surface area contributed by atoms with Crippen LogP contribution in [0.3, 0.4) is 0 Å². The van der Waals surface area contributed by atoms with Crippen LogP contribution in [0.15, 0.2) is 42.6 Å². The van der Waals surface area contributed by atoms with E-state index < -0.39 is 6.09 Å². The molecule has 7 nitrogen and oxygen atoms in total. The standard InChI is InChI=1S/C18H21N5O2/c1-4-25-18(24)20-17-19-16-10-13(2)15(12-23(16)21-17)22(3)11-14-8-6-5-7-9-14/h5-10,12H,4,11H2,1-3H3,(H,20,21,24). The fourth-order valence-corrected chi connectivity index (χ4v) is 2.67. The van der Waals surface area contributed by atoms with Gasteiger partial charge in [-0.25, -0.2) is 9.31 Å². The summed E-state index contributed by atoms with van der Waals surface area (Å²) in [4.78, 5) is 18.0. The lowest BCUT2D eigenvalue weighted by Crippen LogP contribution is -2.18. The predicted octanol–water partition coefficient (Wildman–Crippen LogP) is 3.24. The summed E-state index contributed by atoms with van der Waals surface area (Å²) in [6.07, 6.45) is 1.35. The molecule has 3 rings (SSSR count). The Labute approximate surface area is 146 Å². The molecular weight excluding hydrogens is 318 g/mol. The molecule has 1 N–H and O–H groups in total. The average Bonchev–Trinajstić information content (AvgIpc) is 2.96. The lowest BCUT2D eigenvalue weighted by Gasteiger charge is -2.21. The van der Waals surface area contributed by atoms with E-state index in [4.69, 9.17) is 4.74 Å². The summed E-state index contributed by atoms with van der Waals surface area (Å²) in [5.74, 6) is 0.223. The van der Waals surface area contributed by atoms with Gasteiger partial charge in [0.2, 0.25) is 0 Å². The largest absolute Gasteiger partial charge is 0.450 e. The van der Waals surface area contributed by atoms with Crippen LogP contribution in [-0.4, -0.2) is 34.3 Å². The zero-order chi connectivity index (χ0) is 17.8. The molecule has 0 aliphatic heterocycles. The van der Waals surface area contributed by atoms with Gasteiger partial charge in [-0.2, -0.15) is 4.98 Å². The minimum absolute atomic E-state index is 0.223. The number of hydrogen-bond donors (Lipinski definition) is 1. The number of aromatic nitrogens is 3. The maximum absolute atomic E-state index is 11.5. The minimum atomic E-state index is -0.559. The van der Waals surface area contributed by atoms with Gasteiger partial charge in [0.25, 0.3) is 5.95 Å². The third-order valence-electron chi connectivity index (χ3n) is 3.81. The van der Waals surface area contributed by atoms with Gasteiger partial charge in [0.1, 0.15) is 0 Å². The summed E-state index contributed by atoms with van der Waals surface area (Å²) in [6, 6.07) is 12.2. The Morgan fingerprint density at radius 1 is 1.32 bits per heavy atom. The second-order valence-electron chi connectivity index (χ2n) is 5.77. The first kappa shape index (κ1) is 16.8. The molecule has 0 fully saturated rings. The highest BCUT2D eigenvalue weighted by Crippen LogP contribution is 2.22. The number of aryl methyl sites for hydroxylation is 1. The molecule has 0 unspecified atom stereocenters. The third kappa shape index (κ3) is 3.88. The van der Waals surface area contributed by atoms with Gasteiger partial charge in [-0.1, -0.05) is 30.3 Å². The third-order valence-corrected chi connectivity index (χ3v) is 3.81. The van der Waals surface area contributed by atoms with E-state index >= 15 is 0 Å². The van der Waals surface area contributed by atoms with E-state index in [1.54, 1.807) is 11.4 Å². The molecule has 0 spiro atoms. The minimum Gasteiger partial charge on any atom is -0.450 e. The molecule has 2 heterocycles. The van der Waals surface area contributed by atoms with Crippen molar-refractivity contribution in [1.29, 1.82) is 0 Å². The lowest BCUT2D eigenvalue weighted by molar-refractivity contribution is 0.167. The highest BCUT2D eigenvalue weighted by Gasteiger charge is 2.12. The molecule has 0 aliphatic rings. The summed E-state index contributed by atoms with van der Waals surface area (Å²) in [6.45, 7) is 4.86. The molecule has 130 valence electrons. The van der Waals surface area contributed by atoms with Gasteiger partial charge in [0.15, 0.2) is 5.65 Å². The Balaban J connectivity index is 1.84. The highest BCUT2D eigenvalue weighted by molar-refractivity contribution is 5.82. The number of rotatable bonds is 5. The smallest absolute Gasteiger partial charge is 0.414 e. The zero-order valence-corrected chi connectivity index (χ0v) is 14.6. The molecule has 1 amide bonds. The first-order valence-corrected chi connectivity index (χ1v) is 8.12. The van der Waals surface area contributed by atoms with E-state index in [0.29, 0.717) is 12.3 Å². The lowest BCUT2D eigenvalue weighted by atomic mass is 10.2. The van der Waals surface area contributed by atoms with E-state index in [-0.39, 0.29) is 5.95 Å². The van der Waals surface area contributed by atoms with Crippen LogP contribution in [0.2, 0.25) is 0 Å². The molecule has 0 bridgehead atoms.